The van der Waals surface area contributed by atoms with Crippen LogP contribution in [0, 0.1) is 5.92 Å². The molecule has 1 atom stereocenters. The van der Waals surface area contributed by atoms with E-state index in [0.717, 1.165) is 38.9 Å². The molecular weight excluding hydrogens is 234 g/mol. The Bertz CT molecular complexity index is 262. The highest BCUT2D eigenvalue weighted by atomic mass is 16.5. The monoisotopic (exact) mass is 257 g/mol. The lowest BCUT2D eigenvalue weighted by molar-refractivity contribution is -0.145. The van der Waals surface area contributed by atoms with Gasteiger partial charge in [-0.25, -0.2) is 0 Å². The van der Waals surface area contributed by atoms with E-state index in [-0.39, 0.29) is 12.0 Å². The largest absolute Gasteiger partial charge is 0.468 e. The lowest BCUT2D eigenvalue weighted by atomic mass is 10.0. The molecule has 0 aromatic heterocycles. The first-order valence-corrected chi connectivity index (χ1v) is 6.79. The van der Waals surface area contributed by atoms with Crippen molar-refractivity contribution >= 4 is 5.97 Å². The summed E-state index contributed by atoms with van der Waals surface area (Å²) in [5.74, 6) is 0.340. The summed E-state index contributed by atoms with van der Waals surface area (Å²) in [6.45, 7) is 2.77. The first kappa shape index (κ1) is 13.8. The van der Waals surface area contributed by atoms with Gasteiger partial charge in [0.15, 0.2) is 0 Å². The van der Waals surface area contributed by atoms with Crippen LogP contribution in [0.4, 0.5) is 0 Å². The summed E-state index contributed by atoms with van der Waals surface area (Å²) in [4.78, 5) is 11.6. The molecule has 0 spiro atoms. The number of rotatable bonds is 7. The Morgan fingerprint density at radius 3 is 2.67 bits per heavy atom. The third kappa shape index (κ3) is 4.55. The maximum Gasteiger partial charge on any atom is 0.325 e. The van der Waals surface area contributed by atoms with Crippen molar-refractivity contribution < 1.29 is 19.0 Å². The Morgan fingerprint density at radius 2 is 2.06 bits per heavy atom. The van der Waals surface area contributed by atoms with Gasteiger partial charge in [-0.05, 0) is 31.6 Å². The van der Waals surface area contributed by atoms with Gasteiger partial charge in [0, 0.05) is 25.9 Å². The second-order valence-corrected chi connectivity index (χ2v) is 5.11. The van der Waals surface area contributed by atoms with E-state index in [1.54, 1.807) is 0 Å². The fourth-order valence-electron chi connectivity index (χ4n) is 2.13. The Kier molecular flexibility index (Phi) is 5.41. The number of methoxy groups -OCH3 is 1. The molecule has 1 saturated carbocycles. The van der Waals surface area contributed by atoms with Gasteiger partial charge < -0.3 is 14.2 Å². The average molecular weight is 257 g/mol. The van der Waals surface area contributed by atoms with Crippen molar-refractivity contribution in [1.29, 1.82) is 0 Å². The van der Waals surface area contributed by atoms with Gasteiger partial charge in [-0.2, -0.15) is 0 Å². The van der Waals surface area contributed by atoms with Crippen LogP contribution in [0.25, 0.3) is 0 Å². The van der Waals surface area contributed by atoms with Crippen LogP contribution in [0.5, 0.6) is 0 Å². The number of hydrogen-bond acceptors (Lipinski definition) is 5. The molecule has 1 saturated heterocycles. The smallest absolute Gasteiger partial charge is 0.325 e. The van der Waals surface area contributed by atoms with E-state index in [1.165, 1.54) is 7.11 Å². The highest BCUT2D eigenvalue weighted by molar-refractivity contribution is 5.75. The topological polar surface area (TPSA) is 56.8 Å². The number of nitrogens with one attached hydrogen (secondary N) is 1. The van der Waals surface area contributed by atoms with Gasteiger partial charge in [0.2, 0.25) is 0 Å². The molecule has 0 amide bonds. The molecule has 0 aromatic rings. The van der Waals surface area contributed by atoms with E-state index in [9.17, 15) is 4.79 Å². The minimum absolute atomic E-state index is 0.228. The minimum atomic E-state index is -0.317. The minimum Gasteiger partial charge on any atom is -0.468 e. The SMILES string of the molecule is COC(=O)C(COCC1CCOCC1)NC1CC1. The first-order valence-electron chi connectivity index (χ1n) is 6.79. The molecule has 5 nitrogen and oxygen atoms in total. The van der Waals surface area contributed by atoms with Crippen LogP contribution in [-0.2, 0) is 19.0 Å². The molecule has 1 aliphatic heterocycles. The van der Waals surface area contributed by atoms with Crippen LogP contribution < -0.4 is 5.32 Å². The third-order valence-corrected chi connectivity index (χ3v) is 3.48. The predicted octanol–water partition coefficient (Wildman–Crippen LogP) is 0.723. The zero-order valence-electron chi connectivity index (χ0n) is 11.0. The molecule has 1 heterocycles. The molecule has 2 rings (SSSR count). The summed E-state index contributed by atoms with van der Waals surface area (Å²) < 4.78 is 15.8. The molecule has 1 unspecified atom stereocenters. The normalized spacial score (nSPS) is 22.7. The summed E-state index contributed by atoms with van der Waals surface area (Å²) in [6.07, 6.45) is 4.40. The molecule has 1 N–H and O–H groups in total. The molecule has 0 aromatic carbocycles. The lowest BCUT2D eigenvalue weighted by Crippen LogP contribution is -2.43. The van der Waals surface area contributed by atoms with Gasteiger partial charge >= 0.3 is 5.97 Å². The Hall–Kier alpha value is -0.650. The molecule has 0 radical (unpaired) electrons. The van der Waals surface area contributed by atoms with Crippen LogP contribution in [-0.4, -0.2) is 51.6 Å². The second kappa shape index (κ2) is 7.07. The highest BCUT2D eigenvalue weighted by Gasteiger charge is 2.29. The van der Waals surface area contributed by atoms with E-state index < -0.39 is 0 Å². The van der Waals surface area contributed by atoms with Crippen LogP contribution in [0.1, 0.15) is 25.7 Å². The number of carbonyl (C=O) groups is 1. The lowest BCUT2D eigenvalue weighted by Gasteiger charge is -2.23. The summed E-state index contributed by atoms with van der Waals surface area (Å²) in [6, 6.07) is 0.156. The van der Waals surface area contributed by atoms with Crippen molar-refractivity contribution in [2.24, 2.45) is 5.92 Å². The van der Waals surface area contributed by atoms with E-state index in [2.05, 4.69) is 5.32 Å². The average Bonchev–Trinajstić information content (AvgIpc) is 3.22. The van der Waals surface area contributed by atoms with E-state index in [0.29, 0.717) is 25.2 Å². The van der Waals surface area contributed by atoms with Crippen LogP contribution >= 0.6 is 0 Å². The van der Waals surface area contributed by atoms with Crippen molar-refractivity contribution in [3.05, 3.63) is 0 Å². The molecule has 0 bridgehead atoms. The Morgan fingerprint density at radius 1 is 1.33 bits per heavy atom. The Balaban J connectivity index is 1.65. The molecule has 104 valence electrons. The number of hydrogen-bond donors (Lipinski definition) is 1. The zero-order chi connectivity index (χ0) is 12.8. The van der Waals surface area contributed by atoms with Gasteiger partial charge in [0.1, 0.15) is 6.04 Å². The summed E-state index contributed by atoms with van der Waals surface area (Å²) in [5, 5.41) is 3.26. The van der Waals surface area contributed by atoms with E-state index in [1.807, 2.05) is 0 Å². The van der Waals surface area contributed by atoms with Gasteiger partial charge in [-0.1, -0.05) is 0 Å². The molecule has 2 fully saturated rings. The summed E-state index contributed by atoms with van der Waals surface area (Å²) in [5.41, 5.74) is 0. The van der Waals surface area contributed by atoms with Gasteiger partial charge in [0.25, 0.3) is 0 Å². The summed E-state index contributed by atoms with van der Waals surface area (Å²) >= 11 is 0. The standard InChI is InChI=1S/C13H23NO4/c1-16-13(15)12(14-11-2-3-11)9-18-8-10-4-6-17-7-5-10/h10-12,14H,2-9H2,1H3. The highest BCUT2D eigenvalue weighted by Crippen LogP contribution is 2.20. The number of carbonyl (C=O) groups excluding carboxylic acids is 1. The van der Waals surface area contributed by atoms with Gasteiger partial charge in [-0.15, -0.1) is 0 Å². The fraction of sp³-hybridized carbons (Fsp3) is 0.923. The number of ether oxygens (including phenoxy) is 3. The molecule has 5 heteroatoms. The van der Waals surface area contributed by atoms with Crippen molar-refractivity contribution in [3.8, 4) is 0 Å². The molecule has 18 heavy (non-hydrogen) atoms. The van der Waals surface area contributed by atoms with Gasteiger partial charge in [-0.3, -0.25) is 10.1 Å². The van der Waals surface area contributed by atoms with Crippen LogP contribution in [0.3, 0.4) is 0 Å². The maximum atomic E-state index is 11.6. The fourth-order valence-corrected chi connectivity index (χ4v) is 2.13. The maximum absolute atomic E-state index is 11.6. The summed E-state index contributed by atoms with van der Waals surface area (Å²) in [7, 11) is 1.42. The van der Waals surface area contributed by atoms with Crippen molar-refractivity contribution in [1.82, 2.24) is 5.32 Å². The van der Waals surface area contributed by atoms with Crippen molar-refractivity contribution in [2.75, 3.05) is 33.5 Å². The number of esters is 1. The van der Waals surface area contributed by atoms with Gasteiger partial charge in [0.05, 0.1) is 13.7 Å². The van der Waals surface area contributed by atoms with Crippen molar-refractivity contribution in [3.63, 3.8) is 0 Å². The third-order valence-electron chi connectivity index (χ3n) is 3.48. The molecular formula is C13H23NO4. The zero-order valence-corrected chi connectivity index (χ0v) is 11.0. The predicted molar refractivity (Wildman–Crippen MR) is 66.3 cm³/mol. The first-order chi connectivity index (χ1) is 8.79. The second-order valence-electron chi connectivity index (χ2n) is 5.11. The van der Waals surface area contributed by atoms with E-state index >= 15 is 0 Å². The molecule has 1 aliphatic carbocycles. The van der Waals surface area contributed by atoms with Crippen LogP contribution in [0.15, 0.2) is 0 Å². The quantitative estimate of drug-likeness (QED) is 0.681. The molecule has 2 aliphatic rings. The van der Waals surface area contributed by atoms with E-state index in [4.69, 9.17) is 14.2 Å². The van der Waals surface area contributed by atoms with Crippen molar-refractivity contribution in [2.45, 2.75) is 37.8 Å². The van der Waals surface area contributed by atoms with Crippen LogP contribution in [0.2, 0.25) is 0 Å². The Labute approximate surface area is 108 Å².